The molecule has 8 heteroatoms. The van der Waals surface area contributed by atoms with E-state index in [1.54, 1.807) is 0 Å². The maximum atomic E-state index is 13.1. The predicted octanol–water partition coefficient (Wildman–Crippen LogP) is 2.79. The van der Waals surface area contributed by atoms with Gasteiger partial charge in [-0.25, -0.2) is 12.8 Å². The fourth-order valence-corrected chi connectivity index (χ4v) is 3.87. The fraction of sp³-hybridized carbons (Fsp3) is 0.350. The van der Waals surface area contributed by atoms with E-state index in [1.165, 1.54) is 19.1 Å². The summed E-state index contributed by atoms with van der Waals surface area (Å²) in [7, 11) is -3.74. The van der Waals surface area contributed by atoms with Crippen molar-refractivity contribution in [3.63, 3.8) is 0 Å². The van der Waals surface area contributed by atoms with Gasteiger partial charge in [0.2, 0.25) is 15.9 Å². The number of amides is 1. The Bertz CT molecular complexity index is 930. The Morgan fingerprint density at radius 2 is 1.79 bits per heavy atom. The molecule has 2 aromatic rings. The number of nitrogens with one attached hydrogen (secondary N) is 1. The standard InChI is InChI=1S/C20H25FN2O4S/c1-14-5-10-19(13-15(14)2)27-12-11-22-20(24)16(3)23(28(4,25)26)18-8-6-17(21)7-9-18/h5-10,13,16H,11-12H2,1-4H3,(H,22,24)/t16-/m1/s1. The van der Waals surface area contributed by atoms with E-state index in [0.717, 1.165) is 33.8 Å². The molecule has 0 saturated carbocycles. The zero-order valence-electron chi connectivity index (χ0n) is 16.4. The van der Waals surface area contributed by atoms with Crippen LogP contribution in [0.1, 0.15) is 18.1 Å². The van der Waals surface area contributed by atoms with Crippen molar-refractivity contribution in [1.82, 2.24) is 5.32 Å². The molecule has 0 heterocycles. The van der Waals surface area contributed by atoms with Crippen molar-refractivity contribution < 1.29 is 22.3 Å². The van der Waals surface area contributed by atoms with E-state index in [9.17, 15) is 17.6 Å². The number of hydrogen-bond acceptors (Lipinski definition) is 4. The van der Waals surface area contributed by atoms with Crippen molar-refractivity contribution in [1.29, 1.82) is 0 Å². The van der Waals surface area contributed by atoms with Crippen LogP contribution in [0, 0.1) is 19.7 Å². The Morgan fingerprint density at radius 3 is 2.36 bits per heavy atom. The minimum absolute atomic E-state index is 0.219. The SMILES string of the molecule is Cc1ccc(OCCNC(=O)[C@@H](C)N(c2ccc(F)cc2)S(C)(=O)=O)cc1C. The summed E-state index contributed by atoms with van der Waals surface area (Å²) in [4.78, 5) is 12.4. The number of benzene rings is 2. The molecule has 0 fully saturated rings. The zero-order chi connectivity index (χ0) is 20.9. The van der Waals surface area contributed by atoms with Gasteiger partial charge in [-0.3, -0.25) is 9.10 Å². The van der Waals surface area contributed by atoms with Crippen molar-refractivity contribution in [2.45, 2.75) is 26.8 Å². The summed E-state index contributed by atoms with van der Waals surface area (Å²) in [5.74, 6) is -0.259. The highest BCUT2D eigenvalue weighted by molar-refractivity contribution is 7.92. The minimum Gasteiger partial charge on any atom is -0.492 e. The first-order valence-corrected chi connectivity index (χ1v) is 10.7. The van der Waals surface area contributed by atoms with E-state index in [2.05, 4.69) is 5.32 Å². The smallest absolute Gasteiger partial charge is 0.243 e. The molecule has 0 radical (unpaired) electrons. The number of hydrogen-bond donors (Lipinski definition) is 1. The van der Waals surface area contributed by atoms with Crippen LogP contribution in [0.4, 0.5) is 10.1 Å². The van der Waals surface area contributed by atoms with Crippen LogP contribution in [0.5, 0.6) is 5.75 Å². The van der Waals surface area contributed by atoms with Gasteiger partial charge >= 0.3 is 0 Å². The summed E-state index contributed by atoms with van der Waals surface area (Å²) in [5.41, 5.74) is 2.49. The maximum Gasteiger partial charge on any atom is 0.243 e. The summed E-state index contributed by atoms with van der Waals surface area (Å²) < 4.78 is 44.0. The molecule has 0 bridgehead atoms. The third-order valence-electron chi connectivity index (χ3n) is 4.32. The number of carbonyl (C=O) groups is 1. The van der Waals surface area contributed by atoms with Gasteiger partial charge in [-0.15, -0.1) is 0 Å². The van der Waals surface area contributed by atoms with Crippen molar-refractivity contribution in [2.24, 2.45) is 0 Å². The fourth-order valence-electron chi connectivity index (χ4n) is 2.69. The molecule has 1 atom stereocenters. The lowest BCUT2D eigenvalue weighted by Gasteiger charge is -2.28. The van der Waals surface area contributed by atoms with Gasteiger partial charge in [-0.2, -0.15) is 0 Å². The number of rotatable bonds is 8. The van der Waals surface area contributed by atoms with E-state index in [4.69, 9.17) is 4.74 Å². The van der Waals surface area contributed by atoms with E-state index < -0.39 is 27.8 Å². The van der Waals surface area contributed by atoms with Crippen LogP contribution >= 0.6 is 0 Å². The van der Waals surface area contributed by atoms with E-state index >= 15 is 0 Å². The number of aryl methyl sites for hydroxylation is 2. The van der Waals surface area contributed by atoms with Gasteiger partial charge in [-0.1, -0.05) is 6.07 Å². The van der Waals surface area contributed by atoms with Crippen molar-refractivity contribution >= 4 is 21.6 Å². The Balaban J connectivity index is 1.97. The highest BCUT2D eigenvalue weighted by Gasteiger charge is 2.28. The Kier molecular flexibility index (Phi) is 7.01. The van der Waals surface area contributed by atoms with Gasteiger partial charge in [0.25, 0.3) is 0 Å². The third kappa shape index (κ3) is 5.69. The Labute approximate surface area is 165 Å². The van der Waals surface area contributed by atoms with Crippen LogP contribution in [0.3, 0.4) is 0 Å². The van der Waals surface area contributed by atoms with Crippen LogP contribution in [0.15, 0.2) is 42.5 Å². The molecule has 0 saturated heterocycles. The zero-order valence-corrected chi connectivity index (χ0v) is 17.2. The topological polar surface area (TPSA) is 75.7 Å². The molecule has 1 N–H and O–H groups in total. The third-order valence-corrected chi connectivity index (χ3v) is 5.56. The van der Waals surface area contributed by atoms with E-state index in [0.29, 0.717) is 5.75 Å². The lowest BCUT2D eigenvalue weighted by atomic mass is 10.1. The average molecular weight is 408 g/mol. The van der Waals surface area contributed by atoms with Gasteiger partial charge < -0.3 is 10.1 Å². The van der Waals surface area contributed by atoms with Gasteiger partial charge in [0.05, 0.1) is 18.5 Å². The van der Waals surface area contributed by atoms with Crippen LogP contribution in [0.25, 0.3) is 0 Å². The minimum atomic E-state index is -3.74. The molecule has 0 unspecified atom stereocenters. The van der Waals surface area contributed by atoms with Crippen molar-refractivity contribution in [3.05, 3.63) is 59.4 Å². The van der Waals surface area contributed by atoms with Gasteiger partial charge in [0.1, 0.15) is 24.2 Å². The molecule has 0 aliphatic rings. The number of sulfonamides is 1. The molecule has 1 amide bonds. The monoisotopic (exact) mass is 408 g/mol. The first-order valence-electron chi connectivity index (χ1n) is 8.82. The molecule has 0 aliphatic heterocycles. The van der Waals surface area contributed by atoms with Crippen LogP contribution in [-0.4, -0.2) is 39.8 Å². The summed E-state index contributed by atoms with van der Waals surface area (Å²) in [6.07, 6.45) is 1.00. The van der Waals surface area contributed by atoms with Gasteiger partial charge in [0.15, 0.2) is 0 Å². The van der Waals surface area contributed by atoms with Crippen molar-refractivity contribution in [2.75, 3.05) is 23.7 Å². The van der Waals surface area contributed by atoms with Crippen LogP contribution in [-0.2, 0) is 14.8 Å². The van der Waals surface area contributed by atoms with Crippen molar-refractivity contribution in [3.8, 4) is 5.75 Å². The molecule has 6 nitrogen and oxygen atoms in total. The molecule has 2 aromatic carbocycles. The molecule has 0 spiro atoms. The number of nitrogens with zero attached hydrogens (tertiary/aromatic N) is 1. The molecular formula is C20H25FN2O4S. The molecule has 0 aliphatic carbocycles. The molecule has 0 aromatic heterocycles. The van der Waals surface area contributed by atoms with Gasteiger partial charge in [0, 0.05) is 0 Å². The maximum absolute atomic E-state index is 13.1. The first kappa shape index (κ1) is 21.7. The predicted molar refractivity (Wildman–Crippen MR) is 108 cm³/mol. The highest BCUT2D eigenvalue weighted by Crippen LogP contribution is 2.21. The first-order chi connectivity index (χ1) is 13.1. The molecule has 152 valence electrons. The summed E-state index contributed by atoms with van der Waals surface area (Å²) in [6.45, 7) is 5.94. The second-order valence-electron chi connectivity index (χ2n) is 6.60. The van der Waals surface area contributed by atoms with E-state index in [-0.39, 0.29) is 18.8 Å². The van der Waals surface area contributed by atoms with Crippen LogP contribution < -0.4 is 14.4 Å². The molecular weight excluding hydrogens is 383 g/mol. The largest absolute Gasteiger partial charge is 0.492 e. The quantitative estimate of drug-likeness (QED) is 0.682. The second kappa shape index (κ2) is 9.05. The number of ether oxygens (including phenoxy) is 1. The number of halogens is 1. The average Bonchev–Trinajstić information content (AvgIpc) is 2.62. The lowest BCUT2D eigenvalue weighted by molar-refractivity contribution is -0.121. The second-order valence-corrected chi connectivity index (χ2v) is 8.46. The van der Waals surface area contributed by atoms with Crippen LogP contribution in [0.2, 0.25) is 0 Å². The lowest BCUT2D eigenvalue weighted by Crippen LogP contribution is -2.48. The molecule has 28 heavy (non-hydrogen) atoms. The van der Waals surface area contributed by atoms with E-state index in [1.807, 2.05) is 32.0 Å². The highest BCUT2D eigenvalue weighted by atomic mass is 32.2. The summed E-state index contributed by atoms with van der Waals surface area (Å²) >= 11 is 0. The summed E-state index contributed by atoms with van der Waals surface area (Å²) in [6, 6.07) is 9.67. The normalized spacial score (nSPS) is 12.3. The molecule has 2 rings (SSSR count). The summed E-state index contributed by atoms with van der Waals surface area (Å²) in [5, 5.41) is 2.67. The number of carbonyl (C=O) groups excluding carboxylic acids is 1. The number of anilines is 1. The Morgan fingerprint density at radius 1 is 1.14 bits per heavy atom. The Hall–Kier alpha value is -2.61. The van der Waals surface area contributed by atoms with Gasteiger partial charge in [-0.05, 0) is 68.3 Å².